The van der Waals surface area contributed by atoms with E-state index in [9.17, 15) is 9.59 Å². The maximum atomic E-state index is 13.6. The van der Waals surface area contributed by atoms with Crippen molar-refractivity contribution in [1.29, 1.82) is 0 Å². The highest BCUT2D eigenvalue weighted by atomic mass is 16.2. The highest BCUT2D eigenvalue weighted by molar-refractivity contribution is 6.08. The second kappa shape index (κ2) is 6.30. The van der Waals surface area contributed by atoms with E-state index in [0.29, 0.717) is 31.0 Å². The van der Waals surface area contributed by atoms with Crippen molar-refractivity contribution in [1.82, 2.24) is 24.2 Å². The molecular formula is C21H22N6O2. The summed E-state index contributed by atoms with van der Waals surface area (Å²) >= 11 is 0. The van der Waals surface area contributed by atoms with Crippen molar-refractivity contribution >= 4 is 17.5 Å². The smallest absolute Gasteiger partial charge is 0.272 e. The summed E-state index contributed by atoms with van der Waals surface area (Å²) in [5.41, 5.74) is 1.40. The highest BCUT2D eigenvalue weighted by Gasteiger charge is 2.60. The molecule has 1 N–H and O–H groups in total. The SMILES string of the molecule is CCn1nccc1C(=O)N1CC[C@]2(C(=O)Nc3ccccc32)[C@@H]1c1nccn1C. The summed E-state index contributed by atoms with van der Waals surface area (Å²) in [5, 5.41) is 7.27. The Kier molecular flexibility index (Phi) is 3.84. The molecule has 8 nitrogen and oxygen atoms in total. The van der Waals surface area contributed by atoms with E-state index in [-0.39, 0.29) is 11.8 Å². The van der Waals surface area contributed by atoms with Gasteiger partial charge in [-0.2, -0.15) is 5.10 Å². The van der Waals surface area contributed by atoms with Crippen LogP contribution in [0.3, 0.4) is 0 Å². The fourth-order valence-electron chi connectivity index (χ4n) is 4.82. The molecule has 5 rings (SSSR count). The van der Waals surface area contributed by atoms with Crippen LogP contribution in [0.1, 0.15) is 41.3 Å². The Labute approximate surface area is 168 Å². The van der Waals surface area contributed by atoms with E-state index in [1.54, 1.807) is 28.0 Å². The number of anilines is 1. The minimum atomic E-state index is -0.859. The summed E-state index contributed by atoms with van der Waals surface area (Å²) in [7, 11) is 1.89. The summed E-state index contributed by atoms with van der Waals surface area (Å²) in [6, 6.07) is 8.97. The minimum absolute atomic E-state index is 0.0778. The number of hydrogen-bond acceptors (Lipinski definition) is 4. The van der Waals surface area contributed by atoms with Crippen molar-refractivity contribution in [3.63, 3.8) is 0 Å². The second-order valence-electron chi connectivity index (χ2n) is 7.55. The number of aromatic nitrogens is 4. The molecule has 2 aliphatic heterocycles. The van der Waals surface area contributed by atoms with Crippen molar-refractivity contribution in [2.45, 2.75) is 31.3 Å². The Morgan fingerprint density at radius 2 is 2.10 bits per heavy atom. The summed E-state index contributed by atoms with van der Waals surface area (Å²) in [5.74, 6) is 0.489. The molecule has 1 saturated heterocycles. The highest BCUT2D eigenvalue weighted by Crippen LogP contribution is 2.54. The fraction of sp³-hybridized carbons (Fsp3) is 0.333. The van der Waals surface area contributed by atoms with Gasteiger partial charge in [-0.05, 0) is 31.0 Å². The van der Waals surface area contributed by atoms with E-state index in [0.717, 1.165) is 11.3 Å². The van der Waals surface area contributed by atoms with Gasteiger partial charge in [0, 0.05) is 44.4 Å². The van der Waals surface area contributed by atoms with Gasteiger partial charge in [-0.15, -0.1) is 0 Å². The van der Waals surface area contributed by atoms with Gasteiger partial charge in [-0.25, -0.2) is 4.98 Å². The summed E-state index contributed by atoms with van der Waals surface area (Å²) < 4.78 is 3.58. The molecule has 1 aromatic carbocycles. The average Bonchev–Trinajstić information content (AvgIpc) is 3.49. The molecule has 1 fully saturated rings. The molecule has 148 valence electrons. The molecule has 3 aromatic rings. The van der Waals surface area contributed by atoms with E-state index in [4.69, 9.17) is 0 Å². The molecule has 0 aliphatic carbocycles. The number of amides is 2. The summed E-state index contributed by atoms with van der Waals surface area (Å²) in [6.45, 7) is 3.02. The van der Waals surface area contributed by atoms with Crippen LogP contribution in [0, 0.1) is 0 Å². The fourth-order valence-corrected chi connectivity index (χ4v) is 4.82. The maximum absolute atomic E-state index is 13.6. The second-order valence-corrected chi connectivity index (χ2v) is 7.55. The predicted molar refractivity (Wildman–Crippen MR) is 106 cm³/mol. The van der Waals surface area contributed by atoms with Gasteiger partial charge in [0.2, 0.25) is 5.91 Å². The first-order valence-corrected chi connectivity index (χ1v) is 9.79. The standard InChI is InChI=1S/C21H22N6O2/c1-3-27-16(8-10-23-27)19(28)26-12-9-21(17(26)18-22-11-13-25(18)2)14-6-4-5-7-15(14)24-20(21)29/h4-8,10-11,13,17H,3,9,12H2,1-2H3,(H,24,29)/t17-,21+/m0/s1. The Bertz CT molecular complexity index is 1120. The quantitative estimate of drug-likeness (QED) is 0.742. The Balaban J connectivity index is 1.68. The van der Waals surface area contributed by atoms with Crippen molar-refractivity contribution < 1.29 is 9.59 Å². The molecule has 0 radical (unpaired) electrons. The predicted octanol–water partition coefficient (Wildman–Crippen LogP) is 2.11. The number of rotatable bonds is 3. The molecule has 2 amide bonds. The number of imidazole rings is 1. The lowest BCUT2D eigenvalue weighted by Gasteiger charge is -2.33. The monoisotopic (exact) mass is 390 g/mol. The van der Waals surface area contributed by atoms with Gasteiger partial charge in [0.15, 0.2) is 0 Å². The van der Waals surface area contributed by atoms with Crippen LogP contribution >= 0.6 is 0 Å². The number of nitrogens with zero attached hydrogens (tertiary/aromatic N) is 5. The van der Waals surface area contributed by atoms with Crippen molar-refractivity contribution in [3.05, 3.63) is 66.0 Å². The topological polar surface area (TPSA) is 85.1 Å². The van der Waals surface area contributed by atoms with Crippen LogP contribution in [0.5, 0.6) is 0 Å². The van der Waals surface area contributed by atoms with E-state index >= 15 is 0 Å². The van der Waals surface area contributed by atoms with Gasteiger partial charge in [0.25, 0.3) is 5.91 Å². The van der Waals surface area contributed by atoms with Crippen molar-refractivity contribution in [2.75, 3.05) is 11.9 Å². The first-order valence-electron chi connectivity index (χ1n) is 9.79. The zero-order chi connectivity index (χ0) is 20.2. The molecule has 0 bridgehead atoms. The van der Waals surface area contributed by atoms with Gasteiger partial charge in [-0.1, -0.05) is 18.2 Å². The zero-order valence-corrected chi connectivity index (χ0v) is 16.4. The zero-order valence-electron chi connectivity index (χ0n) is 16.4. The van der Waals surface area contributed by atoms with Crippen LogP contribution in [0.15, 0.2) is 48.9 Å². The molecule has 8 heteroatoms. The average molecular weight is 390 g/mol. The van der Waals surface area contributed by atoms with Crippen LogP contribution in [-0.4, -0.2) is 42.6 Å². The van der Waals surface area contributed by atoms with Crippen LogP contribution in [0.2, 0.25) is 0 Å². The maximum Gasteiger partial charge on any atom is 0.272 e. The van der Waals surface area contributed by atoms with Crippen molar-refractivity contribution in [3.8, 4) is 0 Å². The van der Waals surface area contributed by atoms with Crippen molar-refractivity contribution in [2.24, 2.45) is 7.05 Å². The first-order chi connectivity index (χ1) is 14.1. The van der Waals surface area contributed by atoms with Gasteiger partial charge in [0.1, 0.15) is 23.0 Å². The van der Waals surface area contributed by atoms with Gasteiger partial charge in [-0.3, -0.25) is 14.3 Å². The largest absolute Gasteiger partial charge is 0.336 e. The molecule has 1 spiro atoms. The van der Waals surface area contributed by atoms with E-state index in [1.807, 2.05) is 49.0 Å². The number of benzene rings is 1. The molecule has 2 aliphatic rings. The molecule has 4 heterocycles. The summed E-state index contributed by atoms with van der Waals surface area (Å²) in [4.78, 5) is 33.2. The van der Waals surface area contributed by atoms with E-state index in [2.05, 4.69) is 15.4 Å². The lowest BCUT2D eigenvalue weighted by atomic mass is 9.74. The molecule has 2 atom stereocenters. The van der Waals surface area contributed by atoms with Crippen LogP contribution in [0.4, 0.5) is 5.69 Å². The Hall–Kier alpha value is -3.42. The lowest BCUT2D eigenvalue weighted by Crippen LogP contribution is -2.44. The number of nitrogens with one attached hydrogen (secondary N) is 1. The molecule has 29 heavy (non-hydrogen) atoms. The van der Waals surface area contributed by atoms with Crippen LogP contribution in [0.25, 0.3) is 0 Å². The Morgan fingerprint density at radius 1 is 1.28 bits per heavy atom. The third-order valence-corrected chi connectivity index (χ3v) is 6.19. The molecule has 0 unspecified atom stereocenters. The van der Waals surface area contributed by atoms with Crippen LogP contribution in [-0.2, 0) is 23.8 Å². The number of carbonyl (C=O) groups is 2. The van der Waals surface area contributed by atoms with E-state index < -0.39 is 11.5 Å². The lowest BCUT2D eigenvalue weighted by molar-refractivity contribution is -0.121. The number of aryl methyl sites for hydroxylation is 2. The first kappa shape index (κ1) is 17.7. The third kappa shape index (κ3) is 2.31. The molecular weight excluding hydrogens is 368 g/mol. The number of fused-ring (bicyclic) bond motifs is 2. The van der Waals surface area contributed by atoms with Gasteiger partial charge < -0.3 is 14.8 Å². The summed E-state index contributed by atoms with van der Waals surface area (Å²) in [6.07, 6.45) is 5.73. The molecule has 2 aromatic heterocycles. The normalized spacial score (nSPS) is 22.9. The molecule has 0 saturated carbocycles. The number of para-hydroxylation sites is 1. The minimum Gasteiger partial charge on any atom is -0.336 e. The van der Waals surface area contributed by atoms with E-state index in [1.165, 1.54) is 0 Å². The van der Waals surface area contributed by atoms with Gasteiger partial charge in [0.05, 0.1) is 0 Å². The van der Waals surface area contributed by atoms with Gasteiger partial charge >= 0.3 is 0 Å². The van der Waals surface area contributed by atoms with Crippen LogP contribution < -0.4 is 5.32 Å². The number of carbonyl (C=O) groups excluding carboxylic acids is 2. The number of likely N-dealkylation sites (tertiary alicyclic amines) is 1. The Morgan fingerprint density at radius 3 is 2.86 bits per heavy atom. The number of hydrogen-bond donors (Lipinski definition) is 1. The third-order valence-electron chi connectivity index (χ3n) is 6.19.